The minimum atomic E-state index is -0.0945. The van der Waals surface area contributed by atoms with E-state index < -0.39 is 0 Å². The first-order chi connectivity index (χ1) is 37.0. The maximum absolute atomic E-state index is 2.63. The molecule has 368 valence electrons. The molecule has 0 bridgehead atoms. The van der Waals surface area contributed by atoms with Crippen LogP contribution in [0.15, 0.2) is 200 Å². The van der Waals surface area contributed by atoms with E-state index in [4.69, 9.17) is 0 Å². The lowest BCUT2D eigenvalue weighted by atomic mass is 9.70. The Morgan fingerprint density at radius 1 is 0.253 bits per heavy atom. The molecule has 0 heterocycles. The van der Waals surface area contributed by atoms with Gasteiger partial charge in [0.05, 0.1) is 0 Å². The molecule has 13 rings (SSSR count). The Labute approximate surface area is 445 Å². The molecular formula is C75H68. The van der Waals surface area contributed by atoms with Crippen LogP contribution in [0, 0.1) is 0 Å². The molecule has 0 unspecified atom stereocenters. The molecule has 2 aliphatic carbocycles. The zero-order valence-corrected chi connectivity index (χ0v) is 44.6. The van der Waals surface area contributed by atoms with Gasteiger partial charge in [0, 0.05) is 10.8 Å². The SMILES string of the molecule is CCCc1ccc(-c2c3ccccc3c(-c3c4ccccc4c(-c4ccc5c(c4)C(CCC)(CCC)c4cc(-c6ccc7c(c6)C(CCC)(CCC)c6ccccc6-7)ccc4-5)c4ccccc34)c3ccccc23)cc1. The van der Waals surface area contributed by atoms with E-state index in [9.17, 15) is 0 Å². The summed E-state index contributed by atoms with van der Waals surface area (Å²) >= 11 is 0. The van der Waals surface area contributed by atoms with E-state index in [-0.39, 0.29) is 10.8 Å². The highest BCUT2D eigenvalue weighted by Gasteiger charge is 2.44. The van der Waals surface area contributed by atoms with Gasteiger partial charge in [-0.2, -0.15) is 0 Å². The van der Waals surface area contributed by atoms with Gasteiger partial charge in [-0.25, -0.2) is 0 Å². The summed E-state index contributed by atoms with van der Waals surface area (Å²) in [6.45, 7) is 11.8. The van der Waals surface area contributed by atoms with Crippen LogP contribution in [0.2, 0.25) is 0 Å². The average molecular weight is 969 g/mol. The number of benzene rings is 11. The topological polar surface area (TPSA) is 0 Å². The Morgan fingerprint density at radius 3 is 0.960 bits per heavy atom. The summed E-state index contributed by atoms with van der Waals surface area (Å²) in [6.07, 6.45) is 11.4. The van der Waals surface area contributed by atoms with Gasteiger partial charge in [0.25, 0.3) is 0 Å². The van der Waals surface area contributed by atoms with Crippen molar-refractivity contribution in [2.45, 2.75) is 110 Å². The lowest BCUT2D eigenvalue weighted by Crippen LogP contribution is -2.25. The Balaban J connectivity index is 0.990. The fourth-order valence-corrected chi connectivity index (χ4v) is 15.0. The van der Waals surface area contributed by atoms with Crippen molar-refractivity contribution in [1.29, 1.82) is 0 Å². The van der Waals surface area contributed by atoms with E-state index in [0.29, 0.717) is 0 Å². The molecule has 0 atom stereocenters. The molecule has 0 N–H and O–H groups in total. The number of aryl methyl sites for hydroxylation is 1. The summed E-state index contributed by atoms with van der Waals surface area (Å²) in [7, 11) is 0. The molecule has 0 amide bonds. The highest BCUT2D eigenvalue weighted by molar-refractivity contribution is 6.30. The first kappa shape index (κ1) is 47.2. The normalized spacial score (nSPS) is 13.9. The summed E-state index contributed by atoms with van der Waals surface area (Å²) in [5.41, 5.74) is 23.6. The molecular weight excluding hydrogens is 901 g/mol. The van der Waals surface area contributed by atoms with Gasteiger partial charge in [0.1, 0.15) is 0 Å². The smallest absolute Gasteiger partial charge is 0.0215 e. The van der Waals surface area contributed by atoms with Crippen molar-refractivity contribution in [3.63, 3.8) is 0 Å². The molecule has 75 heavy (non-hydrogen) atoms. The third-order valence-electron chi connectivity index (χ3n) is 17.9. The average Bonchev–Trinajstić information content (AvgIpc) is 4.02. The second-order valence-electron chi connectivity index (χ2n) is 22.1. The number of hydrogen-bond donors (Lipinski definition) is 0. The highest BCUT2D eigenvalue weighted by Crippen LogP contribution is 2.58. The number of hydrogen-bond acceptors (Lipinski definition) is 0. The monoisotopic (exact) mass is 969 g/mol. The molecule has 0 heteroatoms. The molecule has 0 radical (unpaired) electrons. The van der Waals surface area contributed by atoms with Crippen molar-refractivity contribution in [3.05, 3.63) is 228 Å². The van der Waals surface area contributed by atoms with Crippen LogP contribution in [0.4, 0.5) is 0 Å². The van der Waals surface area contributed by atoms with E-state index in [1.807, 2.05) is 0 Å². The molecule has 0 nitrogen and oxygen atoms in total. The summed E-state index contributed by atoms with van der Waals surface area (Å²) in [4.78, 5) is 0. The van der Waals surface area contributed by atoms with Crippen LogP contribution in [-0.2, 0) is 17.3 Å². The summed E-state index contributed by atoms with van der Waals surface area (Å²) in [6, 6.07) is 78.1. The highest BCUT2D eigenvalue weighted by atomic mass is 14.5. The number of rotatable bonds is 14. The van der Waals surface area contributed by atoms with Gasteiger partial charge in [0.2, 0.25) is 0 Å². The first-order valence-electron chi connectivity index (χ1n) is 28.5. The van der Waals surface area contributed by atoms with Crippen LogP contribution in [0.1, 0.15) is 120 Å². The molecule has 2 aliphatic rings. The van der Waals surface area contributed by atoms with E-state index in [1.54, 1.807) is 0 Å². The van der Waals surface area contributed by atoms with E-state index >= 15 is 0 Å². The van der Waals surface area contributed by atoms with Gasteiger partial charge in [-0.1, -0.05) is 249 Å². The van der Waals surface area contributed by atoms with Gasteiger partial charge < -0.3 is 0 Å². The minimum Gasteiger partial charge on any atom is -0.0653 e. The number of fused-ring (bicyclic) bond motifs is 10. The van der Waals surface area contributed by atoms with Crippen molar-refractivity contribution in [2.75, 3.05) is 0 Å². The molecule has 11 aromatic carbocycles. The fraction of sp³-hybridized carbons (Fsp3) is 0.227. The molecule has 0 spiro atoms. The molecule has 0 saturated heterocycles. The predicted molar refractivity (Wildman–Crippen MR) is 324 cm³/mol. The van der Waals surface area contributed by atoms with E-state index in [2.05, 4.69) is 235 Å². The Kier molecular flexibility index (Phi) is 11.9. The third-order valence-corrected chi connectivity index (χ3v) is 17.9. The molecule has 11 aromatic rings. The lowest BCUT2D eigenvalue weighted by Gasteiger charge is -2.33. The van der Waals surface area contributed by atoms with Crippen LogP contribution in [0.25, 0.3) is 110 Å². The fourth-order valence-electron chi connectivity index (χ4n) is 15.0. The van der Waals surface area contributed by atoms with Gasteiger partial charge in [-0.15, -0.1) is 0 Å². The maximum atomic E-state index is 2.63. The Morgan fingerprint density at radius 2 is 0.560 bits per heavy atom. The summed E-state index contributed by atoms with van der Waals surface area (Å²) < 4.78 is 0. The Bertz CT molecular complexity index is 3880. The van der Waals surface area contributed by atoms with Crippen molar-refractivity contribution in [2.24, 2.45) is 0 Å². The summed E-state index contributed by atoms with van der Waals surface area (Å²) in [5, 5.41) is 10.3. The second-order valence-corrected chi connectivity index (χ2v) is 22.1. The van der Waals surface area contributed by atoms with Crippen LogP contribution >= 0.6 is 0 Å². The van der Waals surface area contributed by atoms with Gasteiger partial charge in [-0.05, 0) is 188 Å². The standard InChI is InChI=1S/C75H68/c1-6-21-49-32-34-50(35-33-49)70-58-23-11-15-27-62(58)72(63-28-16-12-24-59(63)70)73-64-29-17-13-25-60(64)71(61-26-14-18-30-65(61)73)53-38-41-57-56-40-37-52(47-68(56)75(44-9-4,45-10-5)69(57)48-53)51-36-39-55-54-22-19-20-31-66(54)74(42-7-2,43-8-3)67(55)46-51/h11-20,22-41,46-48H,6-10,21,42-45H2,1-5H3. The predicted octanol–water partition coefficient (Wildman–Crippen LogP) is 21.7. The summed E-state index contributed by atoms with van der Waals surface area (Å²) in [5.74, 6) is 0. The minimum absolute atomic E-state index is 0.0583. The van der Waals surface area contributed by atoms with Crippen LogP contribution in [-0.4, -0.2) is 0 Å². The van der Waals surface area contributed by atoms with Crippen molar-refractivity contribution in [1.82, 2.24) is 0 Å². The maximum Gasteiger partial charge on any atom is 0.0215 e. The van der Waals surface area contributed by atoms with Crippen molar-refractivity contribution < 1.29 is 0 Å². The lowest BCUT2D eigenvalue weighted by molar-refractivity contribution is 0.435. The zero-order valence-electron chi connectivity index (χ0n) is 44.6. The largest absolute Gasteiger partial charge is 0.0653 e. The Hall–Kier alpha value is -7.54. The molecule has 0 fully saturated rings. The molecule has 0 aromatic heterocycles. The first-order valence-corrected chi connectivity index (χ1v) is 28.5. The van der Waals surface area contributed by atoms with Crippen LogP contribution in [0.5, 0.6) is 0 Å². The van der Waals surface area contributed by atoms with Crippen LogP contribution < -0.4 is 0 Å². The van der Waals surface area contributed by atoms with E-state index in [0.717, 1.165) is 38.5 Å². The van der Waals surface area contributed by atoms with Gasteiger partial charge in [-0.3, -0.25) is 0 Å². The van der Waals surface area contributed by atoms with Crippen molar-refractivity contribution in [3.8, 4) is 66.8 Å². The van der Waals surface area contributed by atoms with E-state index in [1.165, 1.54) is 163 Å². The second kappa shape index (κ2) is 19.0. The third kappa shape index (κ3) is 7.23. The van der Waals surface area contributed by atoms with Crippen LogP contribution in [0.3, 0.4) is 0 Å². The zero-order chi connectivity index (χ0) is 50.8. The van der Waals surface area contributed by atoms with Gasteiger partial charge >= 0.3 is 0 Å². The van der Waals surface area contributed by atoms with Crippen molar-refractivity contribution >= 4 is 43.1 Å². The van der Waals surface area contributed by atoms with Gasteiger partial charge in [0.15, 0.2) is 0 Å². The molecule has 0 aliphatic heterocycles. The quantitative estimate of drug-likeness (QED) is 0.0953. The molecule has 0 saturated carbocycles.